The largest absolute Gasteiger partial charge is 0.481 e. The first-order valence-corrected chi connectivity index (χ1v) is 5.96. The summed E-state index contributed by atoms with van der Waals surface area (Å²) in [6.45, 7) is 3.97. The average Bonchev–Trinajstić information content (AvgIpc) is 2.49. The Morgan fingerprint density at radius 1 is 1.31 bits per heavy atom. The number of hydrogen-bond acceptors (Lipinski definition) is 2. The van der Waals surface area contributed by atoms with E-state index in [1.54, 1.807) is 0 Å². The smallest absolute Gasteiger partial charge is 0.305 e. The highest BCUT2D eigenvalue weighted by molar-refractivity contribution is 5.78. The lowest BCUT2D eigenvalue weighted by molar-refractivity contribution is -0.139. The molecule has 0 heterocycles. The zero-order valence-electron chi connectivity index (χ0n) is 10.1. The van der Waals surface area contributed by atoms with E-state index in [9.17, 15) is 9.59 Å². The topological polar surface area (TPSA) is 66.4 Å². The third-order valence-corrected chi connectivity index (χ3v) is 3.05. The summed E-state index contributed by atoms with van der Waals surface area (Å²) in [7, 11) is 0. The lowest BCUT2D eigenvalue weighted by Crippen LogP contribution is -2.48. The number of nitrogens with one attached hydrogen (secondary N) is 1. The molecule has 16 heavy (non-hydrogen) atoms. The minimum atomic E-state index is -0.827. The van der Waals surface area contributed by atoms with E-state index in [4.69, 9.17) is 5.11 Å². The monoisotopic (exact) mass is 227 g/mol. The Balaban J connectivity index is 2.57. The van der Waals surface area contributed by atoms with Crippen molar-refractivity contribution in [1.29, 1.82) is 0 Å². The summed E-state index contributed by atoms with van der Waals surface area (Å²) < 4.78 is 0. The van der Waals surface area contributed by atoms with Crippen molar-refractivity contribution in [2.45, 2.75) is 57.9 Å². The van der Waals surface area contributed by atoms with Crippen LogP contribution in [0.5, 0.6) is 0 Å². The Kier molecular flexibility index (Phi) is 4.33. The van der Waals surface area contributed by atoms with E-state index in [0.29, 0.717) is 12.3 Å². The minimum Gasteiger partial charge on any atom is -0.481 e. The first-order valence-electron chi connectivity index (χ1n) is 5.96. The summed E-state index contributed by atoms with van der Waals surface area (Å²) in [6, 6.07) is 0. The lowest BCUT2D eigenvalue weighted by atomic mass is 9.92. The number of aliphatic carboxylic acids is 1. The van der Waals surface area contributed by atoms with Crippen molar-refractivity contribution in [3.05, 3.63) is 0 Å². The van der Waals surface area contributed by atoms with Gasteiger partial charge in [-0.25, -0.2) is 0 Å². The van der Waals surface area contributed by atoms with Crippen LogP contribution in [0.15, 0.2) is 0 Å². The molecule has 4 nitrogen and oxygen atoms in total. The normalized spacial score (nSPS) is 18.7. The molecule has 0 spiro atoms. The maximum Gasteiger partial charge on any atom is 0.305 e. The fourth-order valence-corrected chi connectivity index (χ4v) is 2.40. The summed E-state index contributed by atoms with van der Waals surface area (Å²) in [5.41, 5.74) is -0.474. The van der Waals surface area contributed by atoms with Crippen LogP contribution in [0.4, 0.5) is 0 Å². The van der Waals surface area contributed by atoms with E-state index < -0.39 is 11.5 Å². The molecule has 1 fully saturated rings. The van der Waals surface area contributed by atoms with Gasteiger partial charge < -0.3 is 10.4 Å². The molecule has 0 unspecified atom stereocenters. The van der Waals surface area contributed by atoms with Gasteiger partial charge in [-0.1, -0.05) is 26.7 Å². The number of carboxylic acid groups (broad SMARTS) is 1. The molecule has 1 rings (SSSR count). The first kappa shape index (κ1) is 13.0. The van der Waals surface area contributed by atoms with Crippen LogP contribution < -0.4 is 5.32 Å². The van der Waals surface area contributed by atoms with Crippen LogP contribution in [0, 0.1) is 5.92 Å². The molecule has 1 amide bonds. The van der Waals surface area contributed by atoms with E-state index in [1.807, 2.05) is 13.8 Å². The molecule has 2 N–H and O–H groups in total. The molecule has 0 aromatic rings. The molecule has 0 aromatic heterocycles. The number of amides is 1. The van der Waals surface area contributed by atoms with Crippen LogP contribution >= 0.6 is 0 Å². The molecule has 0 atom stereocenters. The van der Waals surface area contributed by atoms with Gasteiger partial charge in [0.2, 0.25) is 5.91 Å². The molecule has 1 saturated carbocycles. The van der Waals surface area contributed by atoms with Crippen LogP contribution in [0.25, 0.3) is 0 Å². The van der Waals surface area contributed by atoms with Crippen molar-refractivity contribution in [2.24, 2.45) is 5.92 Å². The fraction of sp³-hybridized carbons (Fsp3) is 0.833. The van der Waals surface area contributed by atoms with E-state index in [-0.39, 0.29) is 12.3 Å². The van der Waals surface area contributed by atoms with Crippen molar-refractivity contribution in [3.63, 3.8) is 0 Å². The van der Waals surface area contributed by atoms with Gasteiger partial charge in [-0.15, -0.1) is 0 Å². The van der Waals surface area contributed by atoms with Crippen molar-refractivity contribution < 1.29 is 14.7 Å². The number of carbonyl (C=O) groups is 2. The molecular weight excluding hydrogens is 206 g/mol. The SMILES string of the molecule is CC(C)CC(=O)NC1(CC(=O)O)CCCC1. The maximum absolute atomic E-state index is 11.7. The molecule has 92 valence electrons. The van der Waals surface area contributed by atoms with Gasteiger partial charge in [-0.3, -0.25) is 9.59 Å². The van der Waals surface area contributed by atoms with Crippen LogP contribution in [0.3, 0.4) is 0 Å². The predicted molar refractivity (Wildman–Crippen MR) is 61.0 cm³/mol. The molecule has 0 radical (unpaired) electrons. The number of rotatable bonds is 5. The van der Waals surface area contributed by atoms with Gasteiger partial charge in [-0.05, 0) is 18.8 Å². The second-order valence-electron chi connectivity index (χ2n) is 5.20. The number of carboxylic acids is 1. The van der Waals surface area contributed by atoms with E-state index in [1.165, 1.54) is 0 Å². The Hall–Kier alpha value is -1.06. The second kappa shape index (κ2) is 5.32. The second-order valence-corrected chi connectivity index (χ2v) is 5.20. The number of carbonyl (C=O) groups excluding carboxylic acids is 1. The van der Waals surface area contributed by atoms with Gasteiger partial charge in [-0.2, -0.15) is 0 Å². The highest BCUT2D eigenvalue weighted by Crippen LogP contribution is 2.32. The molecule has 0 saturated heterocycles. The van der Waals surface area contributed by atoms with Crippen LogP contribution in [0.2, 0.25) is 0 Å². The zero-order chi connectivity index (χ0) is 12.2. The highest BCUT2D eigenvalue weighted by atomic mass is 16.4. The zero-order valence-corrected chi connectivity index (χ0v) is 10.1. The quantitative estimate of drug-likeness (QED) is 0.754. The van der Waals surface area contributed by atoms with Gasteiger partial charge in [0, 0.05) is 6.42 Å². The van der Waals surface area contributed by atoms with Crippen molar-refractivity contribution in [2.75, 3.05) is 0 Å². The van der Waals surface area contributed by atoms with Crippen LogP contribution in [-0.4, -0.2) is 22.5 Å². The standard InChI is InChI=1S/C12H21NO3/c1-9(2)7-10(14)13-12(8-11(15)16)5-3-4-6-12/h9H,3-8H2,1-2H3,(H,13,14)(H,15,16). The van der Waals surface area contributed by atoms with Gasteiger partial charge in [0.25, 0.3) is 0 Å². The van der Waals surface area contributed by atoms with Crippen LogP contribution in [0.1, 0.15) is 52.4 Å². The summed E-state index contributed by atoms with van der Waals surface area (Å²) >= 11 is 0. The van der Waals surface area contributed by atoms with E-state index >= 15 is 0 Å². The fourth-order valence-electron chi connectivity index (χ4n) is 2.40. The third kappa shape index (κ3) is 3.83. The van der Waals surface area contributed by atoms with Gasteiger partial charge in [0.1, 0.15) is 0 Å². The van der Waals surface area contributed by atoms with Crippen molar-refractivity contribution in [1.82, 2.24) is 5.32 Å². The van der Waals surface area contributed by atoms with Crippen molar-refractivity contribution >= 4 is 11.9 Å². The van der Waals surface area contributed by atoms with Gasteiger partial charge in [0.05, 0.1) is 12.0 Å². The Morgan fingerprint density at radius 3 is 2.31 bits per heavy atom. The molecule has 1 aliphatic rings. The predicted octanol–water partition coefficient (Wildman–Crippen LogP) is 1.94. The minimum absolute atomic E-state index is 0.0156. The molecule has 0 bridgehead atoms. The molecule has 4 heteroatoms. The number of hydrogen-bond donors (Lipinski definition) is 2. The first-order chi connectivity index (χ1) is 7.43. The summed E-state index contributed by atoms with van der Waals surface area (Å²) in [5.74, 6) is -0.534. The maximum atomic E-state index is 11.7. The van der Waals surface area contributed by atoms with E-state index in [2.05, 4.69) is 5.32 Å². The lowest BCUT2D eigenvalue weighted by Gasteiger charge is -2.29. The molecule has 1 aliphatic carbocycles. The average molecular weight is 227 g/mol. The summed E-state index contributed by atoms with van der Waals surface area (Å²) in [6.07, 6.45) is 4.13. The summed E-state index contributed by atoms with van der Waals surface area (Å²) in [5, 5.41) is 11.8. The molecule has 0 aliphatic heterocycles. The molecule has 0 aromatic carbocycles. The Bertz CT molecular complexity index is 267. The third-order valence-electron chi connectivity index (χ3n) is 3.05. The highest BCUT2D eigenvalue weighted by Gasteiger charge is 2.37. The Morgan fingerprint density at radius 2 is 1.88 bits per heavy atom. The van der Waals surface area contributed by atoms with Gasteiger partial charge in [0.15, 0.2) is 0 Å². The van der Waals surface area contributed by atoms with E-state index in [0.717, 1.165) is 25.7 Å². The molecular formula is C12H21NO3. The summed E-state index contributed by atoms with van der Waals surface area (Å²) in [4.78, 5) is 22.5. The Labute approximate surface area is 96.4 Å². The van der Waals surface area contributed by atoms with Crippen LogP contribution in [-0.2, 0) is 9.59 Å². The van der Waals surface area contributed by atoms with Gasteiger partial charge >= 0.3 is 5.97 Å². The van der Waals surface area contributed by atoms with Crippen molar-refractivity contribution in [3.8, 4) is 0 Å².